The standard InChI is InChI=1S/C29H26N6O4S2/c1-31-23-15-7-3-11-19(23)27(37)33-35-29(39)21-13-5-9-17-25(21)41-40-24-16-8-4-12-20(24)28(38)34-32-26(36)18-10-2-6-14-22(18)30/h2-17,31H,30H2,1H3,(H,32,36)(H,33,37)(H,34,38)(H,35,39). The number of nitrogens with one attached hydrogen (secondary N) is 5. The first kappa shape index (κ1) is 29.1. The molecular formula is C29H26N6O4S2. The smallest absolute Gasteiger partial charge is 0.271 e. The molecule has 0 spiro atoms. The molecule has 10 nitrogen and oxygen atoms in total. The van der Waals surface area contributed by atoms with Gasteiger partial charge in [-0.15, -0.1) is 0 Å². The van der Waals surface area contributed by atoms with Crippen LogP contribution in [-0.2, 0) is 0 Å². The van der Waals surface area contributed by atoms with Gasteiger partial charge in [-0.25, -0.2) is 0 Å². The Kier molecular flexibility index (Phi) is 9.86. The van der Waals surface area contributed by atoms with Crippen LogP contribution in [-0.4, -0.2) is 30.7 Å². The molecule has 0 aromatic heterocycles. The highest BCUT2D eigenvalue weighted by atomic mass is 33.1. The Morgan fingerprint density at radius 3 is 1.37 bits per heavy atom. The molecule has 0 radical (unpaired) electrons. The van der Waals surface area contributed by atoms with E-state index in [4.69, 9.17) is 5.73 Å². The number of anilines is 2. The Morgan fingerprint density at radius 1 is 0.512 bits per heavy atom. The fourth-order valence-electron chi connectivity index (χ4n) is 3.64. The number of rotatable bonds is 8. The molecule has 0 unspecified atom stereocenters. The molecule has 0 bridgehead atoms. The lowest BCUT2D eigenvalue weighted by atomic mass is 10.1. The van der Waals surface area contributed by atoms with Crippen molar-refractivity contribution in [2.24, 2.45) is 0 Å². The van der Waals surface area contributed by atoms with Gasteiger partial charge < -0.3 is 11.1 Å². The average molecular weight is 587 g/mol. The van der Waals surface area contributed by atoms with Crippen LogP contribution in [0.1, 0.15) is 41.4 Å². The molecule has 0 fully saturated rings. The number of hydrogen-bond donors (Lipinski definition) is 6. The fraction of sp³-hybridized carbons (Fsp3) is 0.0345. The molecule has 0 heterocycles. The summed E-state index contributed by atoms with van der Waals surface area (Å²) >= 11 is 0. The third-order valence-corrected chi connectivity index (χ3v) is 8.19. The van der Waals surface area contributed by atoms with Gasteiger partial charge in [0.15, 0.2) is 0 Å². The van der Waals surface area contributed by atoms with E-state index in [2.05, 4.69) is 27.0 Å². The van der Waals surface area contributed by atoms with Crippen molar-refractivity contribution in [1.29, 1.82) is 0 Å². The van der Waals surface area contributed by atoms with Gasteiger partial charge >= 0.3 is 0 Å². The van der Waals surface area contributed by atoms with Crippen molar-refractivity contribution in [3.8, 4) is 0 Å². The summed E-state index contributed by atoms with van der Waals surface area (Å²) in [5, 5.41) is 2.94. The molecule has 41 heavy (non-hydrogen) atoms. The van der Waals surface area contributed by atoms with E-state index >= 15 is 0 Å². The normalized spacial score (nSPS) is 10.3. The minimum Gasteiger partial charge on any atom is -0.398 e. The van der Waals surface area contributed by atoms with E-state index in [1.807, 2.05) is 0 Å². The minimum absolute atomic E-state index is 0.239. The Labute approximate surface area is 244 Å². The first-order valence-electron chi connectivity index (χ1n) is 12.2. The van der Waals surface area contributed by atoms with Crippen molar-refractivity contribution < 1.29 is 19.2 Å². The lowest BCUT2D eigenvalue weighted by Gasteiger charge is -2.13. The zero-order chi connectivity index (χ0) is 29.2. The Morgan fingerprint density at radius 2 is 0.878 bits per heavy atom. The molecule has 4 rings (SSSR count). The highest BCUT2D eigenvalue weighted by Crippen LogP contribution is 2.40. The van der Waals surface area contributed by atoms with Gasteiger partial charge in [-0.3, -0.25) is 40.9 Å². The third kappa shape index (κ3) is 7.38. The lowest BCUT2D eigenvalue weighted by Crippen LogP contribution is -2.42. The van der Waals surface area contributed by atoms with Crippen molar-refractivity contribution in [1.82, 2.24) is 21.7 Å². The van der Waals surface area contributed by atoms with Gasteiger partial charge in [0.05, 0.1) is 22.3 Å². The molecule has 4 aromatic carbocycles. The molecule has 0 atom stereocenters. The largest absolute Gasteiger partial charge is 0.398 e. The molecule has 0 aliphatic carbocycles. The summed E-state index contributed by atoms with van der Waals surface area (Å²) in [6, 6.07) is 27.2. The van der Waals surface area contributed by atoms with Crippen LogP contribution >= 0.6 is 21.6 Å². The van der Waals surface area contributed by atoms with Gasteiger partial charge in [0.25, 0.3) is 23.6 Å². The third-order valence-electron chi connectivity index (χ3n) is 5.71. The van der Waals surface area contributed by atoms with Crippen molar-refractivity contribution in [2.75, 3.05) is 18.1 Å². The quantitative estimate of drug-likeness (QED) is 0.102. The van der Waals surface area contributed by atoms with Crippen molar-refractivity contribution in [3.05, 3.63) is 119 Å². The summed E-state index contributed by atoms with van der Waals surface area (Å²) in [5.74, 6) is -2.03. The van der Waals surface area contributed by atoms with Crippen LogP contribution in [0, 0.1) is 0 Å². The van der Waals surface area contributed by atoms with Crippen molar-refractivity contribution in [3.63, 3.8) is 0 Å². The van der Waals surface area contributed by atoms with Crippen LogP contribution in [0.25, 0.3) is 0 Å². The number of benzene rings is 4. The average Bonchev–Trinajstić information content (AvgIpc) is 3.01. The highest BCUT2D eigenvalue weighted by molar-refractivity contribution is 8.76. The summed E-state index contributed by atoms with van der Waals surface area (Å²) in [6.07, 6.45) is 0. The Hall–Kier alpha value is -4.94. The second kappa shape index (κ2) is 13.9. The van der Waals surface area contributed by atoms with Crippen molar-refractivity contribution >= 4 is 56.6 Å². The second-order valence-corrected chi connectivity index (χ2v) is 10.6. The summed E-state index contributed by atoms with van der Waals surface area (Å²) in [7, 11) is 4.24. The predicted octanol–water partition coefficient (Wildman–Crippen LogP) is 4.26. The Bertz CT molecular complexity index is 1600. The lowest BCUT2D eigenvalue weighted by molar-refractivity contribution is 0.0845. The highest BCUT2D eigenvalue weighted by Gasteiger charge is 2.18. The number of nitrogen functional groups attached to an aromatic ring is 1. The predicted molar refractivity (Wildman–Crippen MR) is 161 cm³/mol. The fourth-order valence-corrected chi connectivity index (χ4v) is 6.00. The van der Waals surface area contributed by atoms with Gasteiger partial charge in [-0.05, 0) is 48.5 Å². The van der Waals surface area contributed by atoms with Crippen LogP contribution in [0.3, 0.4) is 0 Å². The van der Waals surface area contributed by atoms with E-state index in [1.54, 1.807) is 104 Å². The van der Waals surface area contributed by atoms with Gasteiger partial charge in [0, 0.05) is 28.2 Å². The van der Waals surface area contributed by atoms with E-state index in [-0.39, 0.29) is 11.3 Å². The van der Waals surface area contributed by atoms with Crippen LogP contribution in [0.4, 0.5) is 11.4 Å². The molecule has 7 N–H and O–H groups in total. The van der Waals surface area contributed by atoms with E-state index in [9.17, 15) is 19.2 Å². The molecule has 208 valence electrons. The maximum absolute atomic E-state index is 13.0. The monoisotopic (exact) mass is 586 g/mol. The number of amides is 4. The van der Waals surface area contributed by atoms with Crippen LogP contribution in [0.2, 0.25) is 0 Å². The van der Waals surface area contributed by atoms with Crippen molar-refractivity contribution in [2.45, 2.75) is 9.79 Å². The maximum Gasteiger partial charge on any atom is 0.271 e. The molecule has 12 heteroatoms. The summed E-state index contributed by atoms with van der Waals surface area (Å²) < 4.78 is 0. The molecule has 4 aromatic rings. The molecule has 0 aliphatic rings. The zero-order valence-corrected chi connectivity index (χ0v) is 23.4. The second-order valence-electron chi connectivity index (χ2n) is 8.36. The van der Waals surface area contributed by atoms with Gasteiger partial charge in [0.1, 0.15) is 0 Å². The van der Waals surface area contributed by atoms with E-state index < -0.39 is 23.6 Å². The minimum atomic E-state index is -0.544. The molecule has 0 aliphatic heterocycles. The van der Waals surface area contributed by atoms with Crippen LogP contribution in [0.15, 0.2) is 107 Å². The van der Waals surface area contributed by atoms with Gasteiger partial charge in [-0.2, -0.15) is 0 Å². The molecule has 0 saturated heterocycles. The first-order valence-corrected chi connectivity index (χ1v) is 14.4. The molecular weight excluding hydrogens is 560 g/mol. The number of nitrogens with two attached hydrogens (primary N) is 1. The van der Waals surface area contributed by atoms with Crippen LogP contribution in [0.5, 0.6) is 0 Å². The number of carbonyl (C=O) groups is 4. The Balaban J connectivity index is 1.39. The molecule has 0 saturated carbocycles. The SMILES string of the molecule is CNc1ccccc1C(=O)NNC(=O)c1ccccc1SSc1ccccc1C(=O)NNC(=O)c1ccccc1N. The number of para-hydroxylation sites is 2. The van der Waals surface area contributed by atoms with E-state index in [0.29, 0.717) is 32.2 Å². The summed E-state index contributed by atoms with van der Waals surface area (Å²) in [4.78, 5) is 52.1. The zero-order valence-electron chi connectivity index (χ0n) is 21.8. The van der Waals surface area contributed by atoms with Gasteiger partial charge in [0.2, 0.25) is 0 Å². The maximum atomic E-state index is 13.0. The number of carbonyl (C=O) groups excluding carboxylic acids is 4. The summed E-state index contributed by atoms with van der Waals surface area (Å²) in [6.45, 7) is 0. The van der Waals surface area contributed by atoms with Gasteiger partial charge in [-0.1, -0.05) is 70.1 Å². The van der Waals surface area contributed by atoms with E-state index in [1.165, 1.54) is 21.6 Å². The van der Waals surface area contributed by atoms with E-state index in [0.717, 1.165) is 0 Å². The number of hydrogen-bond acceptors (Lipinski definition) is 8. The molecule has 4 amide bonds. The number of hydrazine groups is 2. The topological polar surface area (TPSA) is 154 Å². The summed E-state index contributed by atoms with van der Waals surface area (Å²) in [5.41, 5.74) is 17.7. The first-order chi connectivity index (χ1) is 19.9. The van der Waals surface area contributed by atoms with Crippen LogP contribution < -0.4 is 32.8 Å².